The van der Waals surface area contributed by atoms with E-state index in [-0.39, 0.29) is 16.6 Å². The first-order valence-corrected chi connectivity index (χ1v) is 17.1. The Kier molecular flexibility index (Phi) is 8.99. The summed E-state index contributed by atoms with van der Waals surface area (Å²) in [5, 5.41) is 0.658. The van der Waals surface area contributed by atoms with E-state index in [1.807, 2.05) is 66.7 Å². The number of carbonyl (C=O) groups excluding carboxylic acids is 1. The van der Waals surface area contributed by atoms with E-state index < -0.39 is 15.9 Å². The number of fused-ring (bicyclic) bond motifs is 1. The van der Waals surface area contributed by atoms with Gasteiger partial charge >= 0.3 is 0 Å². The van der Waals surface area contributed by atoms with Crippen molar-refractivity contribution in [3.8, 4) is 22.1 Å². The Labute approximate surface area is 264 Å². The van der Waals surface area contributed by atoms with Gasteiger partial charge in [0.05, 0.1) is 10.6 Å². The number of aryl methyl sites for hydroxylation is 1. The number of thioether (sulfide) groups is 1. The first kappa shape index (κ1) is 29.9. The minimum absolute atomic E-state index is 0.0148. The van der Waals surface area contributed by atoms with Crippen LogP contribution in [0, 0.1) is 6.92 Å². The molecule has 0 fully saturated rings. The van der Waals surface area contributed by atoms with Crippen molar-refractivity contribution in [2.75, 3.05) is 12.7 Å². The van der Waals surface area contributed by atoms with E-state index in [1.165, 1.54) is 23.5 Å². The highest BCUT2D eigenvalue weighted by Crippen LogP contribution is 2.33. The molecule has 0 atom stereocenters. The number of nitrogens with zero attached hydrogens (tertiary/aromatic N) is 2. The quantitative estimate of drug-likeness (QED) is 0.125. The summed E-state index contributed by atoms with van der Waals surface area (Å²) >= 11 is 2.89. The molecule has 8 nitrogen and oxygen atoms in total. The highest BCUT2D eigenvalue weighted by molar-refractivity contribution is 7.99. The molecule has 4 aromatic carbocycles. The van der Waals surface area contributed by atoms with Gasteiger partial charge in [-0.3, -0.25) is 9.69 Å². The van der Waals surface area contributed by atoms with Gasteiger partial charge < -0.3 is 9.47 Å². The molecule has 11 heteroatoms. The third-order valence-electron chi connectivity index (χ3n) is 6.89. The molecule has 0 saturated carbocycles. The molecule has 0 spiro atoms. The zero-order chi connectivity index (χ0) is 30.5. The average Bonchev–Trinajstić information content (AvgIpc) is 3.67. The van der Waals surface area contributed by atoms with E-state index in [0.717, 1.165) is 33.1 Å². The van der Waals surface area contributed by atoms with Gasteiger partial charge in [0.25, 0.3) is 15.9 Å². The van der Waals surface area contributed by atoms with Crippen LogP contribution in [0.3, 0.4) is 0 Å². The molecule has 6 rings (SSSR count). The summed E-state index contributed by atoms with van der Waals surface area (Å²) < 4.78 is 39.5. The maximum atomic E-state index is 13.1. The van der Waals surface area contributed by atoms with Gasteiger partial charge in [-0.15, -0.1) is 23.1 Å². The Morgan fingerprint density at radius 3 is 2.30 bits per heavy atom. The average molecular weight is 644 g/mol. The van der Waals surface area contributed by atoms with E-state index in [9.17, 15) is 13.2 Å². The standard InChI is InChI=1S/C33H29N3O5S3/c1-23-31(43-33(34-23)26-8-4-2-5-9-26)32(37)35-44(38,39)28-15-12-24(13-16-28)19-36(21-42-27-10-6-3-7-11-27)20-25-14-17-29-30(18-25)41-22-40-29/h2-18H,19-22H2,1H3,(H,35,37). The Hall–Kier alpha value is -4.16. The molecule has 44 heavy (non-hydrogen) atoms. The number of hydrogen-bond donors (Lipinski definition) is 1. The molecule has 224 valence electrons. The van der Waals surface area contributed by atoms with Crippen LogP contribution >= 0.6 is 23.1 Å². The van der Waals surface area contributed by atoms with Crippen LogP contribution in [-0.4, -0.2) is 36.9 Å². The summed E-state index contributed by atoms with van der Waals surface area (Å²) in [5.74, 6) is 1.50. The highest BCUT2D eigenvalue weighted by Gasteiger charge is 2.23. The molecule has 0 radical (unpaired) electrons. The van der Waals surface area contributed by atoms with Crippen molar-refractivity contribution in [2.24, 2.45) is 0 Å². The van der Waals surface area contributed by atoms with Crippen LogP contribution in [0.1, 0.15) is 26.5 Å². The first-order valence-electron chi connectivity index (χ1n) is 13.8. The zero-order valence-electron chi connectivity index (χ0n) is 23.8. The lowest BCUT2D eigenvalue weighted by Gasteiger charge is -2.22. The lowest BCUT2D eigenvalue weighted by Crippen LogP contribution is -2.30. The van der Waals surface area contributed by atoms with Gasteiger partial charge in [-0.05, 0) is 54.4 Å². The molecular weight excluding hydrogens is 615 g/mol. The van der Waals surface area contributed by atoms with Crippen LogP contribution in [0.5, 0.6) is 11.5 Å². The molecule has 1 aromatic heterocycles. The third kappa shape index (κ3) is 7.13. The number of thiazole rings is 1. The summed E-state index contributed by atoms with van der Waals surface area (Å²) in [7, 11) is -4.09. The van der Waals surface area contributed by atoms with Gasteiger partial charge in [0.2, 0.25) is 6.79 Å². The zero-order valence-corrected chi connectivity index (χ0v) is 26.3. The van der Waals surface area contributed by atoms with Crippen molar-refractivity contribution in [3.05, 3.63) is 125 Å². The lowest BCUT2D eigenvalue weighted by atomic mass is 10.1. The van der Waals surface area contributed by atoms with E-state index in [1.54, 1.807) is 30.8 Å². The van der Waals surface area contributed by atoms with Crippen LogP contribution in [0.15, 0.2) is 113 Å². The van der Waals surface area contributed by atoms with Crippen LogP contribution in [0.2, 0.25) is 0 Å². The number of sulfonamides is 1. The minimum Gasteiger partial charge on any atom is -0.454 e. The molecule has 0 aliphatic carbocycles. The predicted octanol–water partition coefficient (Wildman–Crippen LogP) is 6.72. The molecular formula is C33H29N3O5S3. The van der Waals surface area contributed by atoms with Gasteiger partial charge in [0, 0.05) is 29.4 Å². The molecule has 5 aromatic rings. The minimum atomic E-state index is -4.09. The van der Waals surface area contributed by atoms with E-state index >= 15 is 0 Å². The lowest BCUT2D eigenvalue weighted by molar-refractivity contribution is 0.0984. The van der Waals surface area contributed by atoms with Crippen molar-refractivity contribution >= 4 is 39.0 Å². The van der Waals surface area contributed by atoms with Crippen molar-refractivity contribution < 1.29 is 22.7 Å². The highest BCUT2D eigenvalue weighted by atomic mass is 32.2. The Balaban J connectivity index is 1.14. The maximum Gasteiger partial charge on any atom is 0.277 e. The number of carbonyl (C=O) groups is 1. The number of benzene rings is 4. The van der Waals surface area contributed by atoms with Crippen molar-refractivity contribution in [1.29, 1.82) is 0 Å². The maximum absolute atomic E-state index is 13.1. The fourth-order valence-corrected chi connectivity index (χ4v) is 7.55. The summed E-state index contributed by atoms with van der Waals surface area (Å²) in [5.41, 5.74) is 3.37. The second-order valence-corrected chi connectivity index (χ2v) is 13.8. The number of hydrogen-bond acceptors (Lipinski definition) is 9. The molecule has 0 bridgehead atoms. The summed E-state index contributed by atoms with van der Waals surface area (Å²) in [4.78, 5) is 21.2. The SMILES string of the molecule is Cc1nc(-c2ccccc2)sc1C(=O)NS(=O)(=O)c1ccc(CN(CSc2ccccc2)Cc2ccc3c(c2)OCO3)cc1. The van der Waals surface area contributed by atoms with E-state index in [2.05, 4.69) is 26.7 Å². The number of rotatable bonds is 11. The van der Waals surface area contributed by atoms with E-state index in [0.29, 0.717) is 29.7 Å². The number of ether oxygens (including phenoxy) is 2. The summed E-state index contributed by atoms with van der Waals surface area (Å²) in [6, 6.07) is 32.2. The van der Waals surface area contributed by atoms with Crippen LogP contribution in [0.25, 0.3) is 10.6 Å². The van der Waals surface area contributed by atoms with Gasteiger partial charge in [-0.1, -0.05) is 66.7 Å². The monoisotopic (exact) mass is 643 g/mol. The largest absolute Gasteiger partial charge is 0.454 e. The second-order valence-electron chi connectivity index (χ2n) is 10.1. The fraction of sp³-hybridized carbons (Fsp3) is 0.152. The smallest absolute Gasteiger partial charge is 0.277 e. The molecule has 1 aliphatic rings. The Morgan fingerprint density at radius 2 is 1.55 bits per heavy atom. The summed E-state index contributed by atoms with van der Waals surface area (Å²) in [6.45, 7) is 3.17. The van der Waals surface area contributed by atoms with Crippen LogP contribution < -0.4 is 14.2 Å². The summed E-state index contributed by atoms with van der Waals surface area (Å²) in [6.07, 6.45) is 0. The number of nitrogens with one attached hydrogen (secondary N) is 1. The van der Waals surface area contributed by atoms with E-state index in [4.69, 9.17) is 9.47 Å². The van der Waals surface area contributed by atoms with Crippen molar-refractivity contribution in [3.63, 3.8) is 0 Å². The molecule has 2 heterocycles. The Bertz CT molecular complexity index is 1860. The normalized spacial score (nSPS) is 12.4. The Morgan fingerprint density at radius 1 is 0.886 bits per heavy atom. The van der Waals surface area contributed by atoms with Crippen LogP contribution in [-0.2, 0) is 23.1 Å². The molecule has 0 unspecified atom stereocenters. The van der Waals surface area contributed by atoms with Gasteiger partial charge in [-0.2, -0.15) is 0 Å². The second kappa shape index (κ2) is 13.2. The topological polar surface area (TPSA) is 97.8 Å². The number of aromatic nitrogens is 1. The molecule has 0 saturated heterocycles. The van der Waals surface area contributed by atoms with Gasteiger partial charge in [-0.25, -0.2) is 18.1 Å². The fourth-order valence-electron chi connectivity index (χ4n) is 4.70. The van der Waals surface area contributed by atoms with Crippen molar-refractivity contribution in [2.45, 2.75) is 29.8 Å². The first-order chi connectivity index (χ1) is 21.3. The van der Waals surface area contributed by atoms with Gasteiger partial charge in [0.1, 0.15) is 9.88 Å². The third-order valence-corrected chi connectivity index (χ3v) is 10.5. The molecule has 1 amide bonds. The molecule has 1 aliphatic heterocycles. The number of amides is 1. The predicted molar refractivity (Wildman–Crippen MR) is 172 cm³/mol. The van der Waals surface area contributed by atoms with Gasteiger partial charge in [0.15, 0.2) is 11.5 Å². The molecule has 1 N–H and O–H groups in total. The van der Waals surface area contributed by atoms with Crippen molar-refractivity contribution in [1.82, 2.24) is 14.6 Å². The van der Waals surface area contributed by atoms with Crippen LogP contribution in [0.4, 0.5) is 0 Å².